The van der Waals surface area contributed by atoms with Crippen LogP contribution in [0.4, 0.5) is 11.4 Å². The highest BCUT2D eigenvalue weighted by Crippen LogP contribution is 2.55. The van der Waals surface area contributed by atoms with Crippen molar-refractivity contribution < 1.29 is 9.59 Å². The van der Waals surface area contributed by atoms with Gasteiger partial charge in [0.2, 0.25) is 5.91 Å². The van der Waals surface area contributed by atoms with Gasteiger partial charge in [0.15, 0.2) is 5.78 Å². The number of amides is 1. The Bertz CT molecular complexity index is 1280. The first-order valence-electron chi connectivity index (χ1n) is 10.4. The number of fused-ring (bicyclic) bond motifs is 3. The van der Waals surface area contributed by atoms with Gasteiger partial charge in [-0.15, -0.1) is 0 Å². The Balaban J connectivity index is 1.90. The number of nitrogens with two attached hydrogens (primary N) is 1. The lowest BCUT2D eigenvalue weighted by Gasteiger charge is -2.43. The molecule has 1 unspecified atom stereocenters. The van der Waals surface area contributed by atoms with E-state index in [1.807, 2.05) is 56.3 Å². The van der Waals surface area contributed by atoms with E-state index in [9.17, 15) is 14.9 Å². The number of nitrogens with zero attached hydrogens (tertiary/aromatic N) is 2. The Labute approximate surface area is 180 Å². The Morgan fingerprint density at radius 2 is 1.87 bits per heavy atom. The van der Waals surface area contributed by atoms with Crippen LogP contribution < -0.4 is 16.0 Å². The summed E-state index contributed by atoms with van der Waals surface area (Å²) in [6.45, 7) is 3.90. The number of carbonyl (C=O) groups is 2. The van der Waals surface area contributed by atoms with E-state index in [2.05, 4.69) is 11.4 Å². The van der Waals surface area contributed by atoms with Gasteiger partial charge in [-0.2, -0.15) is 5.26 Å². The molecule has 1 amide bonds. The molecule has 1 atom stereocenters. The van der Waals surface area contributed by atoms with Crippen LogP contribution in [0.3, 0.4) is 0 Å². The molecule has 1 aliphatic carbocycles. The van der Waals surface area contributed by atoms with Crippen LogP contribution in [0.25, 0.3) is 0 Å². The maximum absolute atomic E-state index is 13.6. The largest absolute Gasteiger partial charge is 0.384 e. The molecule has 0 fully saturated rings. The Morgan fingerprint density at radius 3 is 2.61 bits per heavy atom. The second kappa shape index (κ2) is 6.58. The highest BCUT2D eigenvalue weighted by atomic mass is 16.2. The normalized spacial score (nSPS) is 22.4. The van der Waals surface area contributed by atoms with E-state index in [-0.39, 0.29) is 23.1 Å². The minimum atomic E-state index is -1.51. The zero-order valence-electron chi connectivity index (χ0n) is 17.5. The molecule has 0 radical (unpaired) electrons. The average molecular weight is 410 g/mol. The molecule has 2 aromatic rings. The fourth-order valence-corrected chi connectivity index (χ4v) is 5.17. The van der Waals surface area contributed by atoms with Crippen LogP contribution in [0.1, 0.15) is 36.0 Å². The monoisotopic (exact) mass is 410 g/mol. The first-order valence-corrected chi connectivity index (χ1v) is 10.4. The number of rotatable bonds is 1. The maximum atomic E-state index is 13.6. The fraction of sp³-hybridized carbons (Fsp3) is 0.240. The molecule has 0 bridgehead atoms. The van der Waals surface area contributed by atoms with Gasteiger partial charge in [-0.05, 0) is 50.5 Å². The summed E-state index contributed by atoms with van der Waals surface area (Å²) >= 11 is 0. The summed E-state index contributed by atoms with van der Waals surface area (Å²) in [5, 5.41) is 13.2. The van der Waals surface area contributed by atoms with Crippen molar-refractivity contribution in [2.45, 2.75) is 38.5 Å². The van der Waals surface area contributed by atoms with Gasteiger partial charge < -0.3 is 11.1 Å². The van der Waals surface area contributed by atoms with Crippen LogP contribution in [-0.4, -0.2) is 11.7 Å². The molecule has 0 aromatic heterocycles. The second-order valence-electron chi connectivity index (χ2n) is 8.40. The van der Waals surface area contributed by atoms with Crippen LogP contribution in [-0.2, 0) is 15.0 Å². The molecule has 6 heteroatoms. The third-order valence-electron chi connectivity index (χ3n) is 6.44. The zero-order chi connectivity index (χ0) is 21.9. The van der Waals surface area contributed by atoms with E-state index in [4.69, 9.17) is 5.73 Å². The molecule has 2 aliphatic heterocycles. The summed E-state index contributed by atoms with van der Waals surface area (Å²) in [6, 6.07) is 15.6. The van der Waals surface area contributed by atoms with E-state index in [0.29, 0.717) is 41.8 Å². The van der Waals surface area contributed by atoms with Gasteiger partial charge in [-0.25, -0.2) is 0 Å². The van der Waals surface area contributed by atoms with Crippen molar-refractivity contribution in [3.63, 3.8) is 0 Å². The van der Waals surface area contributed by atoms with Crippen molar-refractivity contribution in [3.05, 3.63) is 81.8 Å². The number of benzene rings is 2. The van der Waals surface area contributed by atoms with Gasteiger partial charge in [-0.1, -0.05) is 29.8 Å². The summed E-state index contributed by atoms with van der Waals surface area (Å²) in [5.74, 6) is -0.297. The van der Waals surface area contributed by atoms with Crippen molar-refractivity contribution in [2.75, 3.05) is 10.2 Å². The fourth-order valence-electron chi connectivity index (χ4n) is 5.17. The molecule has 5 rings (SSSR count). The van der Waals surface area contributed by atoms with Crippen molar-refractivity contribution in [3.8, 4) is 6.07 Å². The Hall–Kier alpha value is -3.85. The van der Waals surface area contributed by atoms with Crippen LogP contribution >= 0.6 is 0 Å². The summed E-state index contributed by atoms with van der Waals surface area (Å²) in [6.07, 6.45) is 1.62. The van der Waals surface area contributed by atoms with Crippen molar-refractivity contribution in [1.82, 2.24) is 0 Å². The predicted molar refractivity (Wildman–Crippen MR) is 118 cm³/mol. The van der Waals surface area contributed by atoms with Crippen molar-refractivity contribution in [2.24, 2.45) is 5.73 Å². The topological polar surface area (TPSA) is 99.2 Å². The van der Waals surface area contributed by atoms with Crippen LogP contribution in [0.15, 0.2) is 65.1 Å². The molecular weight excluding hydrogens is 388 g/mol. The standard InChI is InChI=1S/C25H22N4O2/c1-14-5-3-6-16(11-14)29-20-7-4-8-21(30)22(20)25(18(13-26)23(29)27)17-12-15(2)9-10-19(17)28-24(25)31/h3,5-6,9-12H,4,7-8,27H2,1-2H3,(H,28,31). The van der Waals surface area contributed by atoms with Gasteiger partial charge in [0, 0.05) is 34.6 Å². The van der Waals surface area contributed by atoms with Gasteiger partial charge >= 0.3 is 0 Å². The molecule has 1 spiro atoms. The molecular formula is C25H22N4O2. The number of nitrogens with one attached hydrogen (secondary N) is 1. The predicted octanol–water partition coefficient (Wildman–Crippen LogP) is 3.71. The van der Waals surface area contributed by atoms with Gasteiger partial charge in [-0.3, -0.25) is 14.5 Å². The number of anilines is 2. The van der Waals surface area contributed by atoms with E-state index < -0.39 is 5.41 Å². The number of hydrogen-bond donors (Lipinski definition) is 2. The van der Waals surface area contributed by atoms with Gasteiger partial charge in [0.25, 0.3) is 0 Å². The number of hydrogen-bond acceptors (Lipinski definition) is 5. The summed E-state index contributed by atoms with van der Waals surface area (Å²) in [7, 11) is 0. The highest BCUT2D eigenvalue weighted by molar-refractivity contribution is 6.19. The quantitative estimate of drug-likeness (QED) is 0.747. The molecule has 31 heavy (non-hydrogen) atoms. The number of carbonyl (C=O) groups excluding carboxylic acids is 2. The average Bonchev–Trinajstić information content (AvgIpc) is 3.00. The van der Waals surface area contributed by atoms with Crippen molar-refractivity contribution in [1.29, 1.82) is 5.26 Å². The van der Waals surface area contributed by atoms with Crippen LogP contribution in [0.2, 0.25) is 0 Å². The van der Waals surface area contributed by atoms with E-state index in [1.54, 1.807) is 4.90 Å². The summed E-state index contributed by atoms with van der Waals surface area (Å²) < 4.78 is 0. The van der Waals surface area contributed by atoms with E-state index in [0.717, 1.165) is 16.8 Å². The minimum absolute atomic E-state index is 0.102. The molecule has 0 saturated carbocycles. The number of Topliss-reactive ketones (excluding diaryl/α,β-unsaturated/α-hetero) is 1. The first kappa shape index (κ1) is 19.1. The Morgan fingerprint density at radius 1 is 1.10 bits per heavy atom. The molecule has 6 nitrogen and oxygen atoms in total. The molecule has 154 valence electrons. The lowest BCUT2D eigenvalue weighted by atomic mass is 9.63. The SMILES string of the molecule is Cc1cccc(N2C(N)=C(C#N)C3(C(=O)Nc4ccc(C)cc43)C3=C2CCCC3=O)c1. The summed E-state index contributed by atoms with van der Waals surface area (Å²) in [5.41, 5.74) is 10.3. The van der Waals surface area contributed by atoms with Gasteiger partial charge in [0.05, 0.1) is 5.57 Å². The molecule has 2 aromatic carbocycles. The highest BCUT2D eigenvalue weighted by Gasteiger charge is 2.60. The minimum Gasteiger partial charge on any atom is -0.384 e. The molecule has 3 N–H and O–H groups in total. The third-order valence-corrected chi connectivity index (χ3v) is 6.44. The smallest absolute Gasteiger partial charge is 0.245 e. The molecule has 2 heterocycles. The molecule has 0 saturated heterocycles. The second-order valence-corrected chi connectivity index (χ2v) is 8.40. The number of nitriles is 1. The first-order chi connectivity index (χ1) is 14.9. The summed E-state index contributed by atoms with van der Waals surface area (Å²) in [4.78, 5) is 28.8. The lowest BCUT2D eigenvalue weighted by Crippen LogP contribution is -2.50. The van der Waals surface area contributed by atoms with Crippen LogP contribution in [0, 0.1) is 25.2 Å². The maximum Gasteiger partial charge on any atom is 0.245 e. The molecule has 3 aliphatic rings. The van der Waals surface area contributed by atoms with Crippen molar-refractivity contribution >= 4 is 23.1 Å². The lowest BCUT2D eigenvalue weighted by molar-refractivity contribution is -0.122. The van der Waals surface area contributed by atoms with E-state index >= 15 is 0 Å². The zero-order valence-corrected chi connectivity index (χ0v) is 17.5. The van der Waals surface area contributed by atoms with E-state index in [1.165, 1.54) is 0 Å². The number of ketones is 1. The third kappa shape index (κ3) is 2.43. The van der Waals surface area contributed by atoms with Gasteiger partial charge in [0.1, 0.15) is 17.3 Å². The number of aryl methyl sites for hydroxylation is 2. The van der Waals surface area contributed by atoms with Crippen LogP contribution in [0.5, 0.6) is 0 Å². The number of allylic oxidation sites excluding steroid dienone is 1. The Kier molecular flexibility index (Phi) is 4.06.